The molecule has 0 atom stereocenters. The van der Waals surface area contributed by atoms with E-state index in [1.165, 1.54) is 14.7 Å². The maximum atomic E-state index is 11.4. The molecular formula is C11H29N4O9P3. The van der Waals surface area contributed by atoms with E-state index in [0.717, 1.165) is 0 Å². The van der Waals surface area contributed by atoms with E-state index in [4.69, 9.17) is 0 Å². The molecule has 0 aromatic carbocycles. The second-order valence-electron chi connectivity index (χ2n) is 6.52. The Balaban J connectivity index is 2.83. The van der Waals surface area contributed by atoms with Crippen LogP contribution in [-0.2, 0) is 13.7 Å². The first-order valence-corrected chi connectivity index (χ1v) is 13.6. The summed E-state index contributed by atoms with van der Waals surface area (Å²) in [5, 5.41) is 3.06. The van der Waals surface area contributed by atoms with Crippen molar-refractivity contribution in [2.45, 2.75) is 0 Å². The average molecular weight is 454 g/mol. The first-order valence-electron chi connectivity index (χ1n) is 8.25. The Labute approximate surface area is 157 Å². The van der Waals surface area contributed by atoms with E-state index in [0.29, 0.717) is 26.2 Å². The van der Waals surface area contributed by atoms with Crippen molar-refractivity contribution < 1.29 is 43.1 Å². The van der Waals surface area contributed by atoms with Crippen LogP contribution in [0.5, 0.6) is 0 Å². The second kappa shape index (κ2) is 10.9. The normalized spacial score (nSPS) is 21.6. The van der Waals surface area contributed by atoms with Crippen LogP contribution in [0.1, 0.15) is 0 Å². The Morgan fingerprint density at radius 3 is 1.07 bits per heavy atom. The number of rotatable bonds is 6. The molecule has 13 nitrogen and oxygen atoms in total. The van der Waals surface area contributed by atoms with Gasteiger partial charge < -0.3 is 34.7 Å². The van der Waals surface area contributed by atoms with Crippen LogP contribution in [0.15, 0.2) is 0 Å². The van der Waals surface area contributed by atoms with Gasteiger partial charge >= 0.3 is 22.8 Å². The molecule has 0 spiro atoms. The van der Waals surface area contributed by atoms with Gasteiger partial charge in [-0.15, -0.1) is 0 Å². The summed E-state index contributed by atoms with van der Waals surface area (Å²) >= 11 is 0. The van der Waals surface area contributed by atoms with Crippen LogP contribution < -0.4 is 5.32 Å². The molecule has 1 aliphatic rings. The molecular weight excluding hydrogens is 425 g/mol. The van der Waals surface area contributed by atoms with E-state index in [1.54, 1.807) is 0 Å². The Bertz CT molecular complexity index is 554. The fraction of sp³-hybridized carbons (Fsp3) is 1.00. The van der Waals surface area contributed by atoms with Crippen LogP contribution in [0.2, 0.25) is 0 Å². The number of nitrogens with one attached hydrogen (secondary N) is 1. The quantitative estimate of drug-likeness (QED) is 0.216. The van der Waals surface area contributed by atoms with E-state index in [2.05, 4.69) is 5.32 Å². The fourth-order valence-corrected chi connectivity index (χ4v) is 5.12. The molecule has 162 valence electrons. The van der Waals surface area contributed by atoms with E-state index in [1.807, 2.05) is 0 Å². The third kappa shape index (κ3) is 14.0. The molecule has 0 amide bonds. The average Bonchev–Trinajstić information content (AvgIpc) is 2.43. The molecule has 0 aromatic rings. The van der Waals surface area contributed by atoms with Crippen LogP contribution in [0.25, 0.3) is 0 Å². The summed E-state index contributed by atoms with van der Waals surface area (Å²) < 4.78 is 33.9. The molecule has 0 aliphatic carbocycles. The molecule has 7 N–H and O–H groups in total. The summed E-state index contributed by atoms with van der Waals surface area (Å²) in [6.07, 6.45) is -1.45. The lowest BCUT2D eigenvalue weighted by Crippen LogP contribution is -2.45. The summed E-state index contributed by atoms with van der Waals surface area (Å²) in [4.78, 5) is 59.7. The molecule has 1 heterocycles. The summed E-state index contributed by atoms with van der Waals surface area (Å²) in [5.74, 6) is 0. The molecule has 1 fully saturated rings. The second-order valence-corrected chi connectivity index (χ2v) is 11.4. The molecule has 16 heteroatoms. The zero-order chi connectivity index (χ0) is 20.7. The SMILES string of the molecule is O=P(O)(O)CN1CCNCCN(CP(=O)(O)O)CCN(CP(=O)(O)O)CC1. The number of hydrogen-bond donors (Lipinski definition) is 7. The highest BCUT2D eigenvalue weighted by Gasteiger charge is 2.25. The molecule has 0 bridgehead atoms. The molecule has 1 aliphatic heterocycles. The Morgan fingerprint density at radius 1 is 0.556 bits per heavy atom. The maximum absolute atomic E-state index is 11.4. The molecule has 0 unspecified atom stereocenters. The van der Waals surface area contributed by atoms with Gasteiger partial charge in [-0.25, -0.2) is 0 Å². The minimum absolute atomic E-state index is 0.148. The van der Waals surface area contributed by atoms with Crippen LogP contribution in [-0.4, -0.2) is 115 Å². The molecule has 0 saturated carbocycles. The van der Waals surface area contributed by atoms with Crippen molar-refractivity contribution in [3.05, 3.63) is 0 Å². The first-order chi connectivity index (χ1) is 12.2. The molecule has 1 saturated heterocycles. The van der Waals surface area contributed by atoms with Crippen molar-refractivity contribution in [3.8, 4) is 0 Å². The van der Waals surface area contributed by atoms with Crippen molar-refractivity contribution in [2.75, 3.05) is 71.2 Å². The van der Waals surface area contributed by atoms with E-state index in [-0.39, 0.29) is 26.2 Å². The molecule has 0 aromatic heterocycles. The topological polar surface area (TPSA) is 194 Å². The van der Waals surface area contributed by atoms with Crippen LogP contribution >= 0.6 is 22.8 Å². The third-order valence-corrected chi connectivity index (χ3v) is 6.13. The zero-order valence-corrected chi connectivity index (χ0v) is 17.6. The van der Waals surface area contributed by atoms with Gasteiger partial charge in [-0.2, -0.15) is 0 Å². The van der Waals surface area contributed by atoms with Gasteiger partial charge in [-0.05, 0) is 0 Å². The summed E-state index contributed by atoms with van der Waals surface area (Å²) in [7, 11) is -12.9. The standard InChI is InChI=1S/C11H29N4O9P3/c16-25(17,18)9-13-3-1-12-2-4-14(10-26(19,20)21)6-8-15(7-5-13)11-27(22,23)24/h12H,1-11H2,(H2,16,17,18)(H2,19,20,21)(H2,22,23,24). The molecule has 27 heavy (non-hydrogen) atoms. The van der Waals surface area contributed by atoms with Gasteiger partial charge in [-0.1, -0.05) is 0 Å². The minimum atomic E-state index is -4.36. The van der Waals surface area contributed by atoms with Crippen LogP contribution in [0.3, 0.4) is 0 Å². The summed E-state index contributed by atoms with van der Waals surface area (Å²) in [6.45, 7) is 2.10. The number of hydrogen-bond acceptors (Lipinski definition) is 7. The Morgan fingerprint density at radius 2 is 0.815 bits per heavy atom. The highest BCUT2D eigenvalue weighted by atomic mass is 31.2. The number of nitrogens with zero attached hydrogens (tertiary/aromatic N) is 3. The van der Waals surface area contributed by atoms with E-state index >= 15 is 0 Å². The van der Waals surface area contributed by atoms with Gasteiger partial charge in [0.1, 0.15) is 18.9 Å². The van der Waals surface area contributed by atoms with E-state index in [9.17, 15) is 43.1 Å². The minimum Gasteiger partial charge on any atom is -0.324 e. The van der Waals surface area contributed by atoms with Crippen LogP contribution in [0.4, 0.5) is 0 Å². The van der Waals surface area contributed by atoms with Gasteiger partial charge in [0.2, 0.25) is 0 Å². The highest BCUT2D eigenvalue weighted by molar-refractivity contribution is 7.52. The van der Waals surface area contributed by atoms with Crippen molar-refractivity contribution in [1.29, 1.82) is 0 Å². The Hall–Kier alpha value is 0.290. The van der Waals surface area contributed by atoms with Crippen molar-refractivity contribution in [1.82, 2.24) is 20.0 Å². The lowest BCUT2D eigenvalue weighted by molar-refractivity contribution is 0.183. The fourth-order valence-electron chi connectivity index (χ4n) is 2.71. The summed E-state index contributed by atoms with van der Waals surface area (Å²) in [6, 6.07) is 0. The Kier molecular flexibility index (Phi) is 10.2. The predicted molar refractivity (Wildman–Crippen MR) is 98.3 cm³/mol. The summed E-state index contributed by atoms with van der Waals surface area (Å²) in [5.41, 5.74) is 0. The monoisotopic (exact) mass is 454 g/mol. The zero-order valence-electron chi connectivity index (χ0n) is 14.9. The molecule has 1 rings (SSSR count). The van der Waals surface area contributed by atoms with Gasteiger partial charge in [0.25, 0.3) is 0 Å². The lowest BCUT2D eigenvalue weighted by atomic mass is 10.4. The maximum Gasteiger partial charge on any atom is 0.339 e. The van der Waals surface area contributed by atoms with Gasteiger partial charge in [0, 0.05) is 52.4 Å². The van der Waals surface area contributed by atoms with Crippen molar-refractivity contribution in [3.63, 3.8) is 0 Å². The predicted octanol–water partition coefficient (Wildman–Crippen LogP) is -2.10. The van der Waals surface area contributed by atoms with Crippen molar-refractivity contribution >= 4 is 22.8 Å². The lowest BCUT2D eigenvalue weighted by Gasteiger charge is -2.31. The van der Waals surface area contributed by atoms with Crippen LogP contribution in [0, 0.1) is 0 Å². The largest absolute Gasteiger partial charge is 0.339 e. The van der Waals surface area contributed by atoms with Gasteiger partial charge in [-0.3, -0.25) is 28.4 Å². The third-order valence-electron chi connectivity index (χ3n) is 3.83. The van der Waals surface area contributed by atoms with Gasteiger partial charge in [0.15, 0.2) is 0 Å². The van der Waals surface area contributed by atoms with Gasteiger partial charge in [0.05, 0.1) is 0 Å². The first kappa shape index (κ1) is 25.3. The smallest absolute Gasteiger partial charge is 0.324 e. The highest BCUT2D eigenvalue weighted by Crippen LogP contribution is 2.37. The molecule has 0 radical (unpaired) electrons. The van der Waals surface area contributed by atoms with E-state index < -0.39 is 41.6 Å². The van der Waals surface area contributed by atoms with Crippen molar-refractivity contribution in [2.24, 2.45) is 0 Å².